The van der Waals surface area contributed by atoms with E-state index in [9.17, 15) is 4.79 Å². The Morgan fingerprint density at radius 2 is 2.20 bits per heavy atom. The minimum absolute atomic E-state index is 0.0185. The summed E-state index contributed by atoms with van der Waals surface area (Å²) in [5.74, 6) is 0.641. The number of hydrogen-bond donors (Lipinski definition) is 0. The molecule has 0 fully saturated rings. The lowest BCUT2D eigenvalue weighted by Crippen LogP contribution is -2.10. The molecule has 1 heterocycles. The fourth-order valence-corrected chi connectivity index (χ4v) is 1.04. The number of nitrogens with zero attached hydrogens (tertiary/aromatic N) is 2. The maximum Gasteiger partial charge on any atom is 0.236 e. The predicted molar refractivity (Wildman–Crippen MR) is 53.6 cm³/mol. The number of rotatable bonds is 5. The van der Waals surface area contributed by atoms with Crippen molar-refractivity contribution >= 4 is 5.78 Å². The Hall–Kier alpha value is -1.23. The molecule has 0 aromatic carbocycles. The minimum Gasteiger partial charge on any atom is -0.381 e. The molecular formula is C10H16N2O3. The number of methoxy groups -OCH3 is 1. The summed E-state index contributed by atoms with van der Waals surface area (Å²) in [7, 11) is 1.63. The van der Waals surface area contributed by atoms with Gasteiger partial charge in [0.1, 0.15) is 5.78 Å². The van der Waals surface area contributed by atoms with Crippen LogP contribution in [0.15, 0.2) is 4.52 Å². The Labute approximate surface area is 88.8 Å². The number of hydrogen-bond acceptors (Lipinski definition) is 5. The van der Waals surface area contributed by atoms with Crippen LogP contribution in [-0.2, 0) is 16.0 Å². The van der Waals surface area contributed by atoms with E-state index in [0.29, 0.717) is 18.1 Å². The van der Waals surface area contributed by atoms with Crippen molar-refractivity contribution in [2.45, 2.75) is 39.2 Å². The van der Waals surface area contributed by atoms with Gasteiger partial charge in [0.25, 0.3) is 0 Å². The van der Waals surface area contributed by atoms with E-state index in [-0.39, 0.29) is 17.8 Å². The summed E-state index contributed by atoms with van der Waals surface area (Å²) in [5.41, 5.74) is 0. The van der Waals surface area contributed by atoms with Crippen LogP contribution in [0.25, 0.3) is 0 Å². The highest BCUT2D eigenvalue weighted by Gasteiger charge is 2.18. The summed E-state index contributed by atoms with van der Waals surface area (Å²) in [5, 5.41) is 3.79. The Morgan fingerprint density at radius 1 is 1.53 bits per heavy atom. The van der Waals surface area contributed by atoms with Crippen LogP contribution >= 0.6 is 0 Å². The van der Waals surface area contributed by atoms with Crippen molar-refractivity contribution in [3.05, 3.63) is 11.7 Å². The maximum absolute atomic E-state index is 11.1. The fraction of sp³-hybridized carbons (Fsp3) is 0.700. The van der Waals surface area contributed by atoms with E-state index >= 15 is 0 Å². The average molecular weight is 212 g/mol. The maximum atomic E-state index is 11.1. The first kappa shape index (κ1) is 11.8. The third-order valence-electron chi connectivity index (χ3n) is 2.34. The SMILES string of the molecule is COC(C)Cc1noc(C(C)C(C)=O)n1. The summed E-state index contributed by atoms with van der Waals surface area (Å²) < 4.78 is 10.1. The van der Waals surface area contributed by atoms with Crippen LogP contribution in [0.4, 0.5) is 0 Å². The standard InChI is InChI=1S/C10H16N2O3/c1-6(14-4)5-9-11-10(15-12-9)7(2)8(3)13/h6-7H,5H2,1-4H3. The van der Waals surface area contributed by atoms with Crippen LogP contribution in [0.2, 0.25) is 0 Å². The smallest absolute Gasteiger partial charge is 0.236 e. The molecule has 0 aliphatic carbocycles. The van der Waals surface area contributed by atoms with Gasteiger partial charge >= 0.3 is 0 Å². The molecule has 0 N–H and O–H groups in total. The molecule has 0 aliphatic rings. The predicted octanol–water partition coefficient (Wildman–Crippen LogP) is 1.34. The summed E-state index contributed by atoms with van der Waals surface area (Å²) in [6.07, 6.45) is 0.632. The molecule has 5 heteroatoms. The molecule has 0 radical (unpaired) electrons. The van der Waals surface area contributed by atoms with Crippen LogP contribution in [-0.4, -0.2) is 29.1 Å². The molecule has 0 saturated heterocycles. The lowest BCUT2D eigenvalue weighted by molar-refractivity contribution is -0.118. The topological polar surface area (TPSA) is 65.2 Å². The minimum atomic E-state index is -0.330. The molecule has 2 atom stereocenters. The average Bonchev–Trinajstić information content (AvgIpc) is 2.64. The summed E-state index contributed by atoms with van der Waals surface area (Å²) >= 11 is 0. The molecule has 0 bridgehead atoms. The number of Topliss-reactive ketones (excluding diaryl/α,β-unsaturated/α-hetero) is 1. The van der Waals surface area contributed by atoms with E-state index in [1.54, 1.807) is 14.0 Å². The zero-order chi connectivity index (χ0) is 11.4. The molecule has 2 unspecified atom stereocenters. The molecule has 84 valence electrons. The van der Waals surface area contributed by atoms with Gasteiger partial charge in [-0.15, -0.1) is 0 Å². The third kappa shape index (κ3) is 3.13. The van der Waals surface area contributed by atoms with Crippen LogP contribution in [0, 0.1) is 0 Å². The van der Waals surface area contributed by atoms with Crippen molar-refractivity contribution < 1.29 is 14.1 Å². The summed E-state index contributed by atoms with van der Waals surface area (Å²) in [6.45, 7) is 5.18. The normalized spacial score (nSPS) is 14.9. The molecule has 15 heavy (non-hydrogen) atoms. The first-order valence-corrected chi connectivity index (χ1v) is 4.90. The highest BCUT2D eigenvalue weighted by molar-refractivity contribution is 5.81. The quantitative estimate of drug-likeness (QED) is 0.736. The van der Waals surface area contributed by atoms with Crippen LogP contribution in [0.1, 0.15) is 38.4 Å². The second-order valence-electron chi connectivity index (χ2n) is 3.63. The third-order valence-corrected chi connectivity index (χ3v) is 2.34. The first-order valence-electron chi connectivity index (χ1n) is 4.90. The molecule has 5 nitrogen and oxygen atoms in total. The van der Waals surface area contributed by atoms with Crippen LogP contribution in [0.3, 0.4) is 0 Å². The van der Waals surface area contributed by atoms with Crippen molar-refractivity contribution in [3.8, 4) is 0 Å². The summed E-state index contributed by atoms with van der Waals surface area (Å²) in [6, 6.07) is 0. The Kier molecular flexibility index (Phi) is 3.96. The molecule has 0 spiro atoms. The van der Waals surface area contributed by atoms with Crippen molar-refractivity contribution in [2.75, 3.05) is 7.11 Å². The Bertz CT molecular complexity index is 335. The summed E-state index contributed by atoms with van der Waals surface area (Å²) in [4.78, 5) is 15.2. The number of aromatic nitrogens is 2. The molecule has 1 aromatic rings. The molecule has 0 saturated carbocycles. The van der Waals surface area contributed by atoms with Crippen molar-refractivity contribution in [3.63, 3.8) is 0 Å². The largest absolute Gasteiger partial charge is 0.381 e. The zero-order valence-corrected chi connectivity index (χ0v) is 9.48. The van der Waals surface area contributed by atoms with E-state index in [2.05, 4.69) is 10.1 Å². The lowest BCUT2D eigenvalue weighted by Gasteiger charge is -2.04. The van der Waals surface area contributed by atoms with Crippen molar-refractivity contribution in [1.82, 2.24) is 10.1 Å². The van der Waals surface area contributed by atoms with Gasteiger partial charge in [-0.3, -0.25) is 4.79 Å². The number of ether oxygens (including phenoxy) is 1. The van der Waals surface area contributed by atoms with Crippen LogP contribution < -0.4 is 0 Å². The highest BCUT2D eigenvalue weighted by atomic mass is 16.5. The van der Waals surface area contributed by atoms with Crippen molar-refractivity contribution in [1.29, 1.82) is 0 Å². The van der Waals surface area contributed by atoms with Gasteiger partial charge in [0.2, 0.25) is 5.89 Å². The van der Waals surface area contributed by atoms with E-state index in [0.717, 1.165) is 0 Å². The molecule has 1 aromatic heterocycles. The molecular weight excluding hydrogens is 196 g/mol. The van der Waals surface area contributed by atoms with E-state index in [1.807, 2.05) is 6.92 Å². The Balaban J connectivity index is 2.68. The van der Waals surface area contributed by atoms with Crippen molar-refractivity contribution in [2.24, 2.45) is 0 Å². The first-order chi connectivity index (χ1) is 7.04. The van der Waals surface area contributed by atoms with Gasteiger partial charge in [0, 0.05) is 13.5 Å². The van der Waals surface area contributed by atoms with Gasteiger partial charge in [0.05, 0.1) is 12.0 Å². The molecule has 1 rings (SSSR count). The Morgan fingerprint density at radius 3 is 2.73 bits per heavy atom. The monoisotopic (exact) mass is 212 g/mol. The van der Waals surface area contributed by atoms with Gasteiger partial charge in [0.15, 0.2) is 5.82 Å². The number of carbonyl (C=O) groups excluding carboxylic acids is 1. The van der Waals surface area contributed by atoms with Gasteiger partial charge in [-0.25, -0.2) is 0 Å². The zero-order valence-electron chi connectivity index (χ0n) is 9.48. The fourth-order valence-electron chi connectivity index (χ4n) is 1.04. The lowest BCUT2D eigenvalue weighted by atomic mass is 10.1. The van der Waals surface area contributed by atoms with E-state index in [1.165, 1.54) is 6.92 Å². The van der Waals surface area contributed by atoms with Gasteiger partial charge in [-0.1, -0.05) is 5.16 Å². The molecule has 0 aliphatic heterocycles. The highest BCUT2D eigenvalue weighted by Crippen LogP contribution is 2.14. The van der Waals surface area contributed by atoms with Gasteiger partial charge in [-0.05, 0) is 20.8 Å². The molecule has 0 amide bonds. The second-order valence-corrected chi connectivity index (χ2v) is 3.63. The second kappa shape index (κ2) is 5.02. The van der Waals surface area contributed by atoms with E-state index in [4.69, 9.17) is 9.26 Å². The van der Waals surface area contributed by atoms with Crippen LogP contribution in [0.5, 0.6) is 0 Å². The number of carbonyl (C=O) groups is 1. The number of ketones is 1. The van der Waals surface area contributed by atoms with Gasteiger partial charge in [-0.2, -0.15) is 4.98 Å². The van der Waals surface area contributed by atoms with E-state index < -0.39 is 0 Å². The van der Waals surface area contributed by atoms with Gasteiger partial charge < -0.3 is 9.26 Å².